The van der Waals surface area contributed by atoms with Crippen molar-refractivity contribution in [3.05, 3.63) is 83.4 Å². The Morgan fingerprint density at radius 3 is 2.42 bits per heavy atom. The molecule has 1 amide bonds. The first-order valence-electron chi connectivity index (χ1n) is 9.99. The minimum Gasteiger partial charge on any atom is -0.476 e. The Morgan fingerprint density at radius 1 is 0.968 bits per heavy atom. The van der Waals surface area contributed by atoms with Gasteiger partial charge in [-0.3, -0.25) is 9.10 Å². The molecule has 31 heavy (non-hydrogen) atoms. The van der Waals surface area contributed by atoms with Crippen LogP contribution in [0, 0.1) is 20.8 Å². The number of benzene rings is 3. The number of ether oxygens (including phenoxy) is 1. The molecule has 0 saturated heterocycles. The molecule has 0 radical (unpaired) electrons. The molecule has 1 atom stereocenters. The van der Waals surface area contributed by atoms with E-state index in [1.54, 1.807) is 48.5 Å². The number of carbonyl (C=O) groups excluding carboxylic acids is 1. The number of hydrogen-bond donors (Lipinski definition) is 1. The van der Waals surface area contributed by atoms with Crippen molar-refractivity contribution in [3.63, 3.8) is 0 Å². The van der Waals surface area contributed by atoms with E-state index in [1.807, 2.05) is 39.0 Å². The molecule has 4 rings (SSSR count). The fourth-order valence-corrected chi connectivity index (χ4v) is 4.98. The molecule has 6 nitrogen and oxygen atoms in total. The number of amides is 1. The van der Waals surface area contributed by atoms with Gasteiger partial charge in [-0.05, 0) is 62.2 Å². The third-order valence-electron chi connectivity index (χ3n) is 5.50. The highest BCUT2D eigenvalue weighted by Crippen LogP contribution is 2.37. The largest absolute Gasteiger partial charge is 0.476 e. The van der Waals surface area contributed by atoms with Crippen LogP contribution in [0.5, 0.6) is 5.75 Å². The molecule has 0 aliphatic carbocycles. The molecule has 1 aliphatic heterocycles. The van der Waals surface area contributed by atoms with Crippen molar-refractivity contribution < 1.29 is 17.9 Å². The van der Waals surface area contributed by atoms with Gasteiger partial charge in [-0.1, -0.05) is 42.0 Å². The number of aryl methyl sites for hydroxylation is 2. The zero-order valence-corrected chi connectivity index (χ0v) is 18.4. The summed E-state index contributed by atoms with van der Waals surface area (Å²) in [5, 5.41) is 2.89. The van der Waals surface area contributed by atoms with Gasteiger partial charge in [0.15, 0.2) is 6.10 Å². The van der Waals surface area contributed by atoms with E-state index < -0.39 is 22.0 Å². The van der Waals surface area contributed by atoms with Gasteiger partial charge in [-0.2, -0.15) is 0 Å². The molecule has 0 spiro atoms. The average molecular weight is 437 g/mol. The summed E-state index contributed by atoms with van der Waals surface area (Å²) in [6.07, 6.45) is -0.991. The van der Waals surface area contributed by atoms with Gasteiger partial charge in [0.1, 0.15) is 5.75 Å². The zero-order chi connectivity index (χ0) is 22.2. The second-order valence-electron chi connectivity index (χ2n) is 7.66. The van der Waals surface area contributed by atoms with Crippen molar-refractivity contribution in [2.24, 2.45) is 0 Å². The molecule has 0 bridgehead atoms. The van der Waals surface area contributed by atoms with Crippen molar-refractivity contribution in [3.8, 4) is 5.75 Å². The van der Waals surface area contributed by atoms with Gasteiger partial charge in [0.25, 0.3) is 15.9 Å². The molecular weight excluding hydrogens is 412 g/mol. The summed E-state index contributed by atoms with van der Waals surface area (Å²) in [5.74, 6) is -0.0436. The maximum atomic E-state index is 13.4. The molecule has 3 aromatic rings. The van der Waals surface area contributed by atoms with Crippen molar-refractivity contribution in [1.82, 2.24) is 0 Å². The highest BCUT2D eigenvalue weighted by atomic mass is 32.2. The van der Waals surface area contributed by atoms with Crippen LogP contribution < -0.4 is 14.4 Å². The standard InChI is InChI=1S/C24H24N2O4S/c1-16-11-13-19(14-12-16)31(28,29)26-15-23(30-22-10-5-4-9-21(22)26)24(27)25-20-8-6-7-17(2)18(20)3/h4-14,23H,15H2,1-3H3,(H,25,27)/t23-/m1/s1. The highest BCUT2D eigenvalue weighted by molar-refractivity contribution is 7.92. The number of fused-ring (bicyclic) bond motifs is 1. The number of nitrogens with one attached hydrogen (secondary N) is 1. The van der Waals surface area contributed by atoms with Crippen LogP contribution in [0.3, 0.4) is 0 Å². The van der Waals surface area contributed by atoms with Crippen LogP contribution in [0.25, 0.3) is 0 Å². The number of rotatable bonds is 4. The lowest BCUT2D eigenvalue weighted by Gasteiger charge is -2.34. The first-order chi connectivity index (χ1) is 14.8. The van der Waals surface area contributed by atoms with Gasteiger partial charge >= 0.3 is 0 Å². The van der Waals surface area contributed by atoms with Crippen LogP contribution in [0.2, 0.25) is 0 Å². The monoisotopic (exact) mass is 436 g/mol. The number of para-hydroxylation sites is 2. The van der Waals surface area contributed by atoms with Gasteiger partial charge in [-0.25, -0.2) is 8.42 Å². The summed E-state index contributed by atoms with van der Waals surface area (Å²) >= 11 is 0. The Labute approximate surface area is 182 Å². The van der Waals surface area contributed by atoms with Gasteiger partial charge in [-0.15, -0.1) is 0 Å². The minimum atomic E-state index is -3.87. The Bertz CT molecular complexity index is 1240. The Kier molecular flexibility index (Phi) is 5.45. The lowest BCUT2D eigenvalue weighted by molar-refractivity contribution is -0.122. The third kappa shape index (κ3) is 4.01. The van der Waals surface area contributed by atoms with E-state index >= 15 is 0 Å². The summed E-state index contributed by atoms with van der Waals surface area (Å²) < 4.78 is 34.0. The van der Waals surface area contributed by atoms with Crippen molar-refractivity contribution in [2.45, 2.75) is 31.8 Å². The van der Waals surface area contributed by atoms with Gasteiger partial charge in [0.05, 0.1) is 17.1 Å². The minimum absolute atomic E-state index is 0.121. The maximum Gasteiger partial charge on any atom is 0.267 e. The number of anilines is 2. The van der Waals surface area contributed by atoms with Crippen molar-refractivity contribution in [2.75, 3.05) is 16.2 Å². The Balaban J connectivity index is 1.68. The van der Waals surface area contributed by atoms with Gasteiger partial charge < -0.3 is 10.1 Å². The van der Waals surface area contributed by atoms with E-state index in [4.69, 9.17) is 4.74 Å². The Morgan fingerprint density at radius 2 is 1.68 bits per heavy atom. The second kappa shape index (κ2) is 8.07. The first-order valence-corrected chi connectivity index (χ1v) is 11.4. The van der Waals surface area contributed by atoms with E-state index in [2.05, 4.69) is 5.32 Å². The summed E-state index contributed by atoms with van der Waals surface area (Å²) in [5.41, 5.74) is 4.07. The molecule has 3 aromatic carbocycles. The van der Waals surface area contributed by atoms with E-state index in [9.17, 15) is 13.2 Å². The lowest BCUT2D eigenvalue weighted by Crippen LogP contribution is -2.48. The normalized spacial score (nSPS) is 15.7. The fourth-order valence-electron chi connectivity index (χ4n) is 3.50. The predicted octanol–water partition coefficient (Wildman–Crippen LogP) is 4.21. The maximum absolute atomic E-state index is 13.4. The summed E-state index contributed by atoms with van der Waals surface area (Å²) in [7, 11) is -3.87. The third-order valence-corrected chi connectivity index (χ3v) is 7.29. The number of sulfonamides is 1. The van der Waals surface area contributed by atoms with Crippen LogP contribution in [0.1, 0.15) is 16.7 Å². The molecule has 0 saturated carbocycles. The predicted molar refractivity (Wildman–Crippen MR) is 121 cm³/mol. The molecule has 160 valence electrons. The zero-order valence-electron chi connectivity index (χ0n) is 17.6. The molecule has 0 fully saturated rings. The smallest absolute Gasteiger partial charge is 0.267 e. The quantitative estimate of drug-likeness (QED) is 0.665. The fraction of sp³-hybridized carbons (Fsp3) is 0.208. The lowest BCUT2D eigenvalue weighted by atomic mass is 10.1. The summed E-state index contributed by atoms with van der Waals surface area (Å²) in [4.78, 5) is 13.2. The molecular formula is C24H24N2O4S. The van der Waals surface area contributed by atoms with E-state index in [1.165, 1.54) is 4.31 Å². The van der Waals surface area contributed by atoms with Crippen LogP contribution in [-0.2, 0) is 14.8 Å². The van der Waals surface area contributed by atoms with Gasteiger partial charge in [0, 0.05) is 5.69 Å². The summed E-state index contributed by atoms with van der Waals surface area (Å²) in [6.45, 7) is 5.67. The van der Waals surface area contributed by atoms with Crippen LogP contribution in [-0.4, -0.2) is 27.0 Å². The molecule has 7 heteroatoms. The number of hydrogen-bond acceptors (Lipinski definition) is 4. The number of carbonyl (C=O) groups is 1. The van der Waals surface area contributed by atoms with Crippen molar-refractivity contribution >= 4 is 27.3 Å². The second-order valence-corrected chi connectivity index (χ2v) is 9.52. The SMILES string of the molecule is Cc1ccc(S(=O)(=O)N2C[C@H](C(=O)Nc3cccc(C)c3C)Oc3ccccc32)cc1. The van der Waals surface area contributed by atoms with Crippen LogP contribution >= 0.6 is 0 Å². The van der Waals surface area contributed by atoms with Gasteiger partial charge in [0.2, 0.25) is 0 Å². The van der Waals surface area contributed by atoms with Crippen molar-refractivity contribution in [1.29, 1.82) is 0 Å². The Hall–Kier alpha value is -3.32. The molecule has 1 aliphatic rings. The van der Waals surface area contributed by atoms with Crippen LogP contribution in [0.4, 0.5) is 11.4 Å². The average Bonchev–Trinajstić information content (AvgIpc) is 2.76. The van der Waals surface area contributed by atoms with Crippen LogP contribution in [0.15, 0.2) is 71.6 Å². The number of nitrogens with zero attached hydrogens (tertiary/aromatic N) is 1. The van der Waals surface area contributed by atoms with E-state index in [-0.39, 0.29) is 11.4 Å². The molecule has 1 N–H and O–H groups in total. The van der Waals surface area contributed by atoms with E-state index in [0.717, 1.165) is 16.7 Å². The topological polar surface area (TPSA) is 75.7 Å². The highest BCUT2D eigenvalue weighted by Gasteiger charge is 2.37. The first kappa shape index (κ1) is 20.9. The molecule has 0 aromatic heterocycles. The molecule has 0 unspecified atom stereocenters. The summed E-state index contributed by atoms with van der Waals surface area (Å²) in [6, 6.07) is 19.2. The van der Waals surface area contributed by atoms with E-state index in [0.29, 0.717) is 17.1 Å². The molecule has 1 heterocycles.